The summed E-state index contributed by atoms with van der Waals surface area (Å²) < 4.78 is 12.7. The molecule has 94 valence electrons. The zero-order chi connectivity index (χ0) is 12.9. The zero-order valence-electron chi connectivity index (χ0n) is 10.2. The topological polar surface area (TPSA) is 49.3 Å². The summed E-state index contributed by atoms with van der Waals surface area (Å²) in [6.07, 6.45) is 1.21. The van der Waals surface area contributed by atoms with Gasteiger partial charge in [-0.3, -0.25) is 4.79 Å². The minimum Gasteiger partial charge on any atom is -0.384 e. The molecule has 0 aliphatic rings. The van der Waals surface area contributed by atoms with Crippen molar-refractivity contribution in [3.05, 3.63) is 35.6 Å². The first-order chi connectivity index (χ1) is 7.95. The molecule has 1 aromatic carbocycles. The molecule has 0 saturated carbocycles. The van der Waals surface area contributed by atoms with Crippen LogP contribution in [0.2, 0.25) is 0 Å². The molecule has 0 aliphatic heterocycles. The Labute approximate surface area is 101 Å². The minimum atomic E-state index is -1.18. The number of carbonyl (C=O) groups is 1. The van der Waals surface area contributed by atoms with E-state index in [9.17, 15) is 14.3 Å². The Bertz CT molecular complexity index is 374. The fourth-order valence-corrected chi connectivity index (χ4v) is 1.50. The predicted octanol–water partition coefficient (Wildman–Crippen LogP) is 1.95. The highest BCUT2D eigenvalue weighted by Crippen LogP contribution is 2.19. The van der Waals surface area contributed by atoms with Crippen molar-refractivity contribution in [2.24, 2.45) is 0 Å². The zero-order valence-corrected chi connectivity index (χ0v) is 10.2. The minimum absolute atomic E-state index is 0.0881. The van der Waals surface area contributed by atoms with E-state index in [-0.39, 0.29) is 18.3 Å². The molecule has 0 bridgehead atoms. The van der Waals surface area contributed by atoms with Crippen LogP contribution in [0.15, 0.2) is 24.3 Å². The summed E-state index contributed by atoms with van der Waals surface area (Å²) in [4.78, 5) is 11.3. The van der Waals surface area contributed by atoms with E-state index >= 15 is 0 Å². The number of rotatable bonds is 5. The van der Waals surface area contributed by atoms with Crippen LogP contribution in [0.25, 0.3) is 0 Å². The summed E-state index contributed by atoms with van der Waals surface area (Å²) >= 11 is 0. The van der Waals surface area contributed by atoms with Crippen molar-refractivity contribution < 1.29 is 14.3 Å². The van der Waals surface area contributed by atoms with Crippen molar-refractivity contribution in [2.45, 2.75) is 32.3 Å². The van der Waals surface area contributed by atoms with Gasteiger partial charge in [0.1, 0.15) is 11.4 Å². The second kappa shape index (κ2) is 5.77. The van der Waals surface area contributed by atoms with Crippen molar-refractivity contribution in [3.8, 4) is 0 Å². The van der Waals surface area contributed by atoms with Crippen LogP contribution in [0, 0.1) is 5.82 Å². The third-order valence-corrected chi connectivity index (χ3v) is 2.57. The summed E-state index contributed by atoms with van der Waals surface area (Å²) in [5.74, 6) is -0.436. The van der Waals surface area contributed by atoms with Crippen LogP contribution < -0.4 is 5.32 Å². The maximum absolute atomic E-state index is 12.7. The third-order valence-electron chi connectivity index (χ3n) is 2.57. The molecule has 1 aromatic rings. The first-order valence-electron chi connectivity index (χ1n) is 5.71. The molecule has 1 unspecified atom stereocenters. The van der Waals surface area contributed by atoms with Gasteiger partial charge in [-0.2, -0.15) is 0 Å². The molecule has 0 aromatic heterocycles. The quantitative estimate of drug-likeness (QED) is 0.825. The number of hydrogen-bond acceptors (Lipinski definition) is 2. The molecule has 0 heterocycles. The lowest BCUT2D eigenvalue weighted by Crippen LogP contribution is -2.38. The van der Waals surface area contributed by atoms with Gasteiger partial charge in [-0.25, -0.2) is 4.39 Å². The lowest BCUT2D eigenvalue weighted by Gasteiger charge is -2.24. The highest BCUT2D eigenvalue weighted by atomic mass is 19.1. The Kier molecular flexibility index (Phi) is 4.63. The highest BCUT2D eigenvalue weighted by Gasteiger charge is 2.23. The normalized spacial score (nSPS) is 14.1. The molecular formula is C13H18FNO2. The average Bonchev–Trinajstić information content (AvgIpc) is 2.28. The molecule has 4 heteroatoms. The van der Waals surface area contributed by atoms with Crippen LogP contribution in [0.1, 0.15) is 32.3 Å². The van der Waals surface area contributed by atoms with Crippen LogP contribution in [0.4, 0.5) is 4.39 Å². The number of amides is 1. The molecule has 0 radical (unpaired) electrons. The number of benzene rings is 1. The average molecular weight is 239 g/mol. The van der Waals surface area contributed by atoms with Crippen molar-refractivity contribution in [3.63, 3.8) is 0 Å². The van der Waals surface area contributed by atoms with Gasteiger partial charge in [0.05, 0.1) is 6.54 Å². The molecule has 0 spiro atoms. The maximum Gasteiger partial charge on any atom is 0.220 e. The van der Waals surface area contributed by atoms with Crippen molar-refractivity contribution >= 4 is 5.91 Å². The van der Waals surface area contributed by atoms with E-state index in [1.54, 1.807) is 6.92 Å². The number of aliphatic hydroxyl groups is 1. The summed E-state index contributed by atoms with van der Waals surface area (Å²) in [6.45, 7) is 3.63. The van der Waals surface area contributed by atoms with Crippen molar-refractivity contribution in [2.75, 3.05) is 6.54 Å². The first kappa shape index (κ1) is 13.6. The molecule has 0 saturated heterocycles. The molecule has 1 atom stereocenters. The third kappa shape index (κ3) is 4.15. The molecule has 2 N–H and O–H groups in total. The monoisotopic (exact) mass is 239 g/mol. The van der Waals surface area contributed by atoms with Gasteiger partial charge in [0.25, 0.3) is 0 Å². The molecule has 1 rings (SSSR count). The van der Waals surface area contributed by atoms with Crippen molar-refractivity contribution in [1.29, 1.82) is 0 Å². The smallest absolute Gasteiger partial charge is 0.220 e. The van der Waals surface area contributed by atoms with E-state index in [0.717, 1.165) is 6.42 Å². The summed E-state index contributed by atoms with van der Waals surface area (Å²) in [6, 6.07) is 5.61. The largest absolute Gasteiger partial charge is 0.384 e. The Morgan fingerprint density at radius 3 is 2.53 bits per heavy atom. The van der Waals surface area contributed by atoms with Gasteiger partial charge in [-0.15, -0.1) is 0 Å². The summed E-state index contributed by atoms with van der Waals surface area (Å²) in [5, 5.41) is 12.8. The highest BCUT2D eigenvalue weighted by molar-refractivity contribution is 5.75. The van der Waals surface area contributed by atoms with Crippen LogP contribution in [-0.2, 0) is 10.4 Å². The fraction of sp³-hybridized carbons (Fsp3) is 0.462. The van der Waals surface area contributed by atoms with Gasteiger partial charge in [-0.05, 0) is 31.0 Å². The molecule has 0 aliphatic carbocycles. The van der Waals surface area contributed by atoms with Crippen LogP contribution in [0.5, 0.6) is 0 Å². The van der Waals surface area contributed by atoms with E-state index in [2.05, 4.69) is 5.32 Å². The van der Waals surface area contributed by atoms with Gasteiger partial charge >= 0.3 is 0 Å². The van der Waals surface area contributed by atoms with Gasteiger partial charge in [0, 0.05) is 6.42 Å². The summed E-state index contributed by atoms with van der Waals surface area (Å²) in [5.41, 5.74) is -0.604. The van der Waals surface area contributed by atoms with E-state index in [4.69, 9.17) is 0 Å². The van der Waals surface area contributed by atoms with Gasteiger partial charge in [-0.1, -0.05) is 19.1 Å². The Morgan fingerprint density at radius 2 is 2.00 bits per heavy atom. The van der Waals surface area contributed by atoms with Crippen molar-refractivity contribution in [1.82, 2.24) is 5.32 Å². The second-order valence-electron chi connectivity index (χ2n) is 4.31. The molecule has 0 fully saturated rings. The lowest BCUT2D eigenvalue weighted by atomic mass is 9.96. The van der Waals surface area contributed by atoms with Gasteiger partial charge < -0.3 is 10.4 Å². The SMILES string of the molecule is CCCC(=O)NCC(C)(O)c1ccc(F)cc1. The number of hydrogen-bond donors (Lipinski definition) is 2. The fourth-order valence-electron chi connectivity index (χ4n) is 1.50. The Morgan fingerprint density at radius 1 is 1.41 bits per heavy atom. The molecule has 17 heavy (non-hydrogen) atoms. The van der Waals surface area contributed by atoms with Crippen LogP contribution in [-0.4, -0.2) is 17.6 Å². The van der Waals surface area contributed by atoms with Gasteiger partial charge in [0.15, 0.2) is 0 Å². The summed E-state index contributed by atoms with van der Waals surface area (Å²) in [7, 11) is 0. The lowest BCUT2D eigenvalue weighted by molar-refractivity contribution is -0.122. The van der Waals surface area contributed by atoms with E-state index in [1.165, 1.54) is 24.3 Å². The van der Waals surface area contributed by atoms with Gasteiger partial charge in [0.2, 0.25) is 5.91 Å². The molecular weight excluding hydrogens is 221 g/mol. The second-order valence-corrected chi connectivity index (χ2v) is 4.31. The van der Waals surface area contributed by atoms with E-state index in [1.807, 2.05) is 6.92 Å². The standard InChI is InChI=1S/C13H18FNO2/c1-3-4-12(16)15-9-13(2,17)10-5-7-11(14)8-6-10/h5-8,17H,3-4,9H2,1-2H3,(H,15,16). The van der Waals surface area contributed by atoms with Crippen LogP contribution >= 0.6 is 0 Å². The Balaban J connectivity index is 2.61. The Hall–Kier alpha value is -1.42. The molecule has 1 amide bonds. The molecule has 3 nitrogen and oxygen atoms in total. The number of carbonyl (C=O) groups excluding carboxylic acids is 1. The predicted molar refractivity (Wildman–Crippen MR) is 63.9 cm³/mol. The van der Waals surface area contributed by atoms with E-state index < -0.39 is 5.60 Å². The number of halogens is 1. The first-order valence-corrected chi connectivity index (χ1v) is 5.71. The van der Waals surface area contributed by atoms with Crippen LogP contribution in [0.3, 0.4) is 0 Å². The maximum atomic E-state index is 12.7. The number of nitrogens with one attached hydrogen (secondary N) is 1. The van der Waals surface area contributed by atoms with E-state index in [0.29, 0.717) is 12.0 Å².